The molecule has 3 atom stereocenters. The number of rotatable bonds is 9. The van der Waals surface area contributed by atoms with Crippen LogP contribution in [-0.4, -0.2) is 73.7 Å². The van der Waals surface area contributed by atoms with Crippen LogP contribution in [-0.2, 0) is 13.9 Å². The SMILES string of the molecule is CN(C)C=Nc1nc2c(c(I)cn2[C@H]2CC(OCN=[N+]=[N-])[C@@H](CO[Si](C)(C)C(C)(C)C)O2)c(=O)[nH]1. The van der Waals surface area contributed by atoms with Crippen molar-refractivity contribution < 1.29 is 13.9 Å². The Bertz CT molecular complexity index is 1180. The number of fused-ring (bicyclic) bond motifs is 1. The zero-order valence-corrected chi connectivity index (χ0v) is 24.3. The summed E-state index contributed by atoms with van der Waals surface area (Å²) in [6.07, 6.45) is 2.74. The number of azide groups is 1. The maximum Gasteiger partial charge on any atom is 0.262 e. The van der Waals surface area contributed by atoms with E-state index in [1.54, 1.807) is 11.2 Å². The number of aromatic nitrogens is 3. The summed E-state index contributed by atoms with van der Waals surface area (Å²) in [5, 5.41) is 4.04. The number of nitrogens with one attached hydrogen (secondary N) is 1. The van der Waals surface area contributed by atoms with Crippen LogP contribution in [0.15, 0.2) is 21.1 Å². The van der Waals surface area contributed by atoms with Gasteiger partial charge in [-0.15, -0.1) is 0 Å². The van der Waals surface area contributed by atoms with E-state index in [2.05, 4.69) is 81.4 Å². The monoisotopic (exact) mass is 616 g/mol. The van der Waals surface area contributed by atoms with Crippen LogP contribution in [0.5, 0.6) is 0 Å². The maximum absolute atomic E-state index is 12.8. The highest BCUT2D eigenvalue weighted by molar-refractivity contribution is 14.1. The van der Waals surface area contributed by atoms with Crippen LogP contribution in [0.25, 0.3) is 21.5 Å². The Morgan fingerprint density at radius 3 is 2.80 bits per heavy atom. The van der Waals surface area contributed by atoms with Crippen molar-refractivity contribution in [1.29, 1.82) is 0 Å². The number of H-pyrrole nitrogens is 1. The maximum atomic E-state index is 12.8. The molecule has 1 aliphatic rings. The lowest BCUT2D eigenvalue weighted by Crippen LogP contribution is -2.44. The third-order valence-electron chi connectivity index (χ3n) is 6.35. The largest absolute Gasteiger partial charge is 0.414 e. The topological polar surface area (TPSA) is 143 Å². The number of nitrogens with zero attached hydrogens (tertiary/aromatic N) is 7. The zero-order valence-electron chi connectivity index (χ0n) is 21.1. The minimum Gasteiger partial charge on any atom is -0.414 e. The first-order valence-electron chi connectivity index (χ1n) is 11.3. The molecule has 1 fully saturated rings. The Morgan fingerprint density at radius 2 is 2.17 bits per heavy atom. The highest BCUT2D eigenvalue weighted by atomic mass is 127. The molecule has 0 saturated carbocycles. The lowest BCUT2D eigenvalue weighted by Gasteiger charge is -2.37. The van der Waals surface area contributed by atoms with Gasteiger partial charge in [-0.3, -0.25) is 9.78 Å². The first-order chi connectivity index (χ1) is 16.3. The standard InChI is InChI=1S/C21H33IN8O4Si/c1-21(2,3)35(6,7)33-10-15-14(32-12-25-28-23)8-16(34-15)30-9-13(22)17-18(30)26-20(27-19(17)31)24-11-29(4)5/h9,11,14-16H,8,10,12H2,1-7H3,(H,26,27,31)/t14?,15-,16-/m1/s1. The minimum atomic E-state index is -2.02. The molecule has 0 spiro atoms. The average molecular weight is 617 g/mol. The summed E-state index contributed by atoms with van der Waals surface area (Å²) in [5.74, 6) is 0.207. The molecule has 0 aromatic carbocycles. The van der Waals surface area contributed by atoms with E-state index in [9.17, 15) is 4.79 Å². The van der Waals surface area contributed by atoms with Crippen molar-refractivity contribution in [3.8, 4) is 0 Å². The van der Waals surface area contributed by atoms with Crippen LogP contribution >= 0.6 is 22.6 Å². The van der Waals surface area contributed by atoms with E-state index < -0.39 is 14.5 Å². The van der Waals surface area contributed by atoms with Crippen molar-refractivity contribution in [2.45, 2.75) is 63.8 Å². The third-order valence-corrected chi connectivity index (χ3v) is 11.7. The fourth-order valence-corrected chi connectivity index (χ4v) is 5.21. The molecule has 3 rings (SSSR count). The molecule has 0 radical (unpaired) electrons. The van der Waals surface area contributed by atoms with Crippen molar-refractivity contribution in [2.24, 2.45) is 10.1 Å². The quantitative estimate of drug-likeness (QED) is 0.0836. The number of hydrogen-bond donors (Lipinski definition) is 1. The summed E-state index contributed by atoms with van der Waals surface area (Å²) in [6.45, 7) is 11.2. The fourth-order valence-electron chi connectivity index (χ4n) is 3.41. The van der Waals surface area contributed by atoms with Crippen LogP contribution in [0.3, 0.4) is 0 Å². The summed E-state index contributed by atoms with van der Waals surface area (Å²) in [4.78, 5) is 28.8. The molecule has 12 nitrogen and oxygen atoms in total. The second-order valence-corrected chi connectivity index (χ2v) is 16.2. The predicted octanol–water partition coefficient (Wildman–Crippen LogP) is 4.51. The first-order valence-corrected chi connectivity index (χ1v) is 15.3. The second-order valence-electron chi connectivity index (χ2n) is 10.2. The highest BCUT2D eigenvalue weighted by Gasteiger charge is 2.42. The summed E-state index contributed by atoms with van der Waals surface area (Å²) in [7, 11) is 1.65. The molecule has 2 aromatic rings. The third kappa shape index (κ3) is 6.43. The van der Waals surface area contributed by atoms with Gasteiger partial charge in [-0.25, -0.2) is 4.99 Å². The van der Waals surface area contributed by atoms with Crippen molar-refractivity contribution in [1.82, 2.24) is 19.4 Å². The minimum absolute atomic E-state index is 0.0492. The molecule has 0 aliphatic carbocycles. The van der Waals surface area contributed by atoms with Gasteiger partial charge in [0.05, 0.1) is 24.4 Å². The van der Waals surface area contributed by atoms with E-state index in [4.69, 9.17) is 19.4 Å². The molecule has 1 aliphatic heterocycles. The van der Waals surface area contributed by atoms with E-state index in [0.29, 0.717) is 24.1 Å². The number of halogens is 1. The van der Waals surface area contributed by atoms with E-state index in [1.165, 1.54) is 0 Å². The molecule has 35 heavy (non-hydrogen) atoms. The molecule has 3 heterocycles. The molecule has 192 valence electrons. The summed E-state index contributed by atoms with van der Waals surface area (Å²) in [5.41, 5.74) is 8.87. The lowest BCUT2D eigenvalue weighted by atomic mass is 10.2. The highest BCUT2D eigenvalue weighted by Crippen LogP contribution is 2.39. The van der Waals surface area contributed by atoms with Gasteiger partial charge in [0.1, 0.15) is 19.1 Å². The van der Waals surface area contributed by atoms with Gasteiger partial charge in [0.25, 0.3) is 5.56 Å². The Morgan fingerprint density at radius 1 is 1.46 bits per heavy atom. The van der Waals surface area contributed by atoms with E-state index in [-0.39, 0.29) is 35.5 Å². The average Bonchev–Trinajstić information content (AvgIpc) is 3.31. The normalized spacial score (nSPS) is 21.1. The van der Waals surface area contributed by atoms with Crippen LogP contribution in [0.4, 0.5) is 5.95 Å². The van der Waals surface area contributed by atoms with E-state index >= 15 is 0 Å². The van der Waals surface area contributed by atoms with Crippen molar-refractivity contribution in [3.05, 3.63) is 30.6 Å². The van der Waals surface area contributed by atoms with Gasteiger partial charge in [-0.2, -0.15) is 4.98 Å². The predicted molar refractivity (Wildman–Crippen MR) is 145 cm³/mol. The van der Waals surface area contributed by atoms with Gasteiger partial charge in [0.15, 0.2) is 14.0 Å². The Kier molecular flexibility index (Phi) is 8.65. The molecule has 14 heteroatoms. The van der Waals surface area contributed by atoms with Crippen molar-refractivity contribution >= 4 is 54.2 Å². The van der Waals surface area contributed by atoms with Gasteiger partial charge >= 0.3 is 0 Å². The van der Waals surface area contributed by atoms with Crippen LogP contribution in [0, 0.1) is 3.57 Å². The molecular formula is C21H33IN8O4Si. The molecule has 1 saturated heterocycles. The van der Waals surface area contributed by atoms with E-state index in [1.807, 2.05) is 24.9 Å². The number of hydrogen-bond acceptors (Lipinski definition) is 7. The molecule has 1 unspecified atom stereocenters. The van der Waals surface area contributed by atoms with Crippen LogP contribution in [0.1, 0.15) is 33.4 Å². The zero-order chi connectivity index (χ0) is 26.0. The summed E-state index contributed by atoms with van der Waals surface area (Å²) >= 11 is 2.12. The Balaban J connectivity index is 1.92. The smallest absolute Gasteiger partial charge is 0.262 e. The summed E-state index contributed by atoms with van der Waals surface area (Å²) in [6, 6.07) is 0. The lowest BCUT2D eigenvalue weighted by molar-refractivity contribution is -0.0568. The number of aromatic amines is 1. The van der Waals surface area contributed by atoms with Gasteiger partial charge in [0.2, 0.25) is 5.95 Å². The first kappa shape index (κ1) is 27.6. The molecule has 0 amide bonds. The van der Waals surface area contributed by atoms with Crippen LogP contribution in [0.2, 0.25) is 18.1 Å². The summed E-state index contributed by atoms with van der Waals surface area (Å²) < 4.78 is 21.3. The Hall–Kier alpha value is -1.97. The van der Waals surface area contributed by atoms with Gasteiger partial charge in [0, 0.05) is 35.2 Å². The van der Waals surface area contributed by atoms with Crippen molar-refractivity contribution in [3.63, 3.8) is 0 Å². The molecule has 1 N–H and O–H groups in total. The molecule has 0 bridgehead atoms. The second kappa shape index (κ2) is 11.0. The molecule has 2 aromatic heterocycles. The van der Waals surface area contributed by atoms with Gasteiger partial charge in [-0.1, -0.05) is 25.9 Å². The number of aliphatic imine (C=N–C) groups is 1. The fraction of sp³-hybridized carbons (Fsp3) is 0.667. The Labute approximate surface area is 218 Å². The van der Waals surface area contributed by atoms with Crippen LogP contribution < -0.4 is 5.56 Å². The molecular weight excluding hydrogens is 583 g/mol. The van der Waals surface area contributed by atoms with Gasteiger partial charge in [-0.05, 0) is 46.3 Å². The van der Waals surface area contributed by atoms with Crippen molar-refractivity contribution in [2.75, 3.05) is 27.4 Å². The number of ether oxygens (including phenoxy) is 2. The van der Waals surface area contributed by atoms with E-state index in [0.717, 1.165) is 3.57 Å². The van der Waals surface area contributed by atoms with Gasteiger partial charge < -0.3 is 23.4 Å².